The molecule has 2 N–H and O–H groups in total. The van der Waals surface area contributed by atoms with Crippen molar-refractivity contribution < 1.29 is 10.0 Å². The van der Waals surface area contributed by atoms with Gasteiger partial charge in [0.2, 0.25) is 0 Å². The maximum atomic E-state index is 11.2. The first-order valence-electron chi connectivity index (χ1n) is 10.1. The molecule has 6 nitrogen and oxygen atoms in total. The molecule has 0 unspecified atom stereocenters. The predicted molar refractivity (Wildman–Crippen MR) is 113 cm³/mol. The topological polar surface area (TPSA) is 69.9 Å². The Morgan fingerprint density at radius 1 is 1.28 bits per heavy atom. The maximum absolute atomic E-state index is 11.2. The van der Waals surface area contributed by atoms with Gasteiger partial charge in [0.1, 0.15) is 0 Å². The molecule has 1 aromatic carbocycles. The number of carbonyl (C=O) groups excluding carboxylic acids is 1. The lowest BCUT2D eigenvalue weighted by Crippen LogP contribution is -2.32. The molecule has 1 aliphatic heterocycles. The highest BCUT2D eigenvalue weighted by Crippen LogP contribution is 2.23. The summed E-state index contributed by atoms with van der Waals surface area (Å²) in [7, 11) is 0. The van der Waals surface area contributed by atoms with Crippen molar-refractivity contribution in [2.24, 2.45) is 0 Å². The fraction of sp³-hybridized carbons (Fsp3) is 0.304. The van der Waals surface area contributed by atoms with Crippen molar-refractivity contribution >= 4 is 17.5 Å². The van der Waals surface area contributed by atoms with Crippen LogP contribution in [-0.2, 0) is 30.6 Å². The number of carbonyl (C=O) groups is 1. The van der Waals surface area contributed by atoms with Gasteiger partial charge in [0.15, 0.2) is 0 Å². The molecule has 0 fully saturated rings. The van der Waals surface area contributed by atoms with Crippen LogP contribution < -0.4 is 5.48 Å². The van der Waals surface area contributed by atoms with Crippen LogP contribution in [0.1, 0.15) is 34.9 Å². The summed E-state index contributed by atoms with van der Waals surface area (Å²) >= 11 is 0. The van der Waals surface area contributed by atoms with E-state index < -0.39 is 5.91 Å². The Bertz CT molecular complexity index is 1050. The normalized spacial score (nSPS) is 14.4. The Morgan fingerprint density at radius 2 is 2.17 bits per heavy atom. The number of aryl methyl sites for hydroxylation is 1. The molecule has 1 amide bonds. The van der Waals surface area contributed by atoms with Crippen molar-refractivity contribution in [2.75, 3.05) is 13.1 Å². The van der Waals surface area contributed by atoms with Crippen molar-refractivity contribution in [1.29, 1.82) is 0 Å². The number of amides is 1. The number of rotatable bonds is 6. The Labute approximate surface area is 170 Å². The molecule has 0 saturated heterocycles. The Balaban J connectivity index is 1.46. The third kappa shape index (κ3) is 4.23. The highest BCUT2D eigenvalue weighted by atomic mass is 16.5. The third-order valence-electron chi connectivity index (χ3n) is 5.60. The SMILES string of the molecule is CCc1nn2ccccc2c1CCN1CCc2ccc(C=CC(=O)NO)cc2C1. The van der Waals surface area contributed by atoms with E-state index in [-0.39, 0.29) is 0 Å². The zero-order chi connectivity index (χ0) is 20.2. The predicted octanol–water partition coefficient (Wildman–Crippen LogP) is 3.02. The van der Waals surface area contributed by atoms with Crippen LogP contribution in [0.3, 0.4) is 0 Å². The van der Waals surface area contributed by atoms with Crippen LogP contribution in [0.25, 0.3) is 11.6 Å². The lowest BCUT2D eigenvalue weighted by molar-refractivity contribution is -0.124. The highest BCUT2D eigenvalue weighted by Gasteiger charge is 2.18. The first-order valence-corrected chi connectivity index (χ1v) is 10.1. The minimum atomic E-state index is -0.524. The monoisotopic (exact) mass is 390 g/mol. The van der Waals surface area contributed by atoms with E-state index in [9.17, 15) is 4.79 Å². The summed E-state index contributed by atoms with van der Waals surface area (Å²) in [5, 5.41) is 13.3. The number of hydrogen-bond donors (Lipinski definition) is 2. The zero-order valence-corrected chi connectivity index (χ0v) is 16.6. The van der Waals surface area contributed by atoms with Crippen LogP contribution >= 0.6 is 0 Å². The molecular formula is C23H26N4O2. The summed E-state index contributed by atoms with van der Waals surface area (Å²) in [5.41, 5.74) is 8.99. The molecule has 0 aliphatic carbocycles. The van der Waals surface area contributed by atoms with Crippen LogP contribution in [0, 0.1) is 0 Å². The van der Waals surface area contributed by atoms with E-state index in [1.165, 1.54) is 34.0 Å². The van der Waals surface area contributed by atoms with E-state index in [0.29, 0.717) is 0 Å². The Hall–Kier alpha value is -2.96. The van der Waals surface area contributed by atoms with Gasteiger partial charge in [-0.05, 0) is 54.2 Å². The van der Waals surface area contributed by atoms with Gasteiger partial charge < -0.3 is 0 Å². The fourth-order valence-electron chi connectivity index (χ4n) is 4.06. The number of nitrogens with one attached hydrogen (secondary N) is 1. The van der Waals surface area contributed by atoms with E-state index in [2.05, 4.69) is 36.1 Å². The molecule has 0 spiro atoms. The molecule has 150 valence electrons. The number of hydroxylamine groups is 1. The van der Waals surface area contributed by atoms with Crippen LogP contribution in [0.15, 0.2) is 48.7 Å². The standard InChI is InChI=1S/C23H26N4O2/c1-2-21-20(22-5-3-4-12-27(22)24-21)11-14-26-13-10-18-8-6-17(15-19(18)16-26)7-9-23(28)25-29/h3-9,12,15,29H,2,10-11,13-14,16H2,1H3,(H,25,28). The molecular weight excluding hydrogens is 364 g/mol. The summed E-state index contributed by atoms with van der Waals surface area (Å²) in [6.45, 7) is 5.11. The Kier molecular flexibility index (Phi) is 5.74. The molecule has 1 aliphatic rings. The van der Waals surface area contributed by atoms with Crippen LogP contribution in [0.5, 0.6) is 0 Å². The van der Waals surface area contributed by atoms with E-state index in [0.717, 1.165) is 44.5 Å². The van der Waals surface area contributed by atoms with Crippen LogP contribution in [0.4, 0.5) is 0 Å². The molecule has 6 heteroatoms. The number of fused-ring (bicyclic) bond motifs is 2. The molecule has 4 rings (SSSR count). The minimum Gasteiger partial charge on any atom is -0.298 e. The smallest absolute Gasteiger partial charge is 0.267 e. The van der Waals surface area contributed by atoms with Gasteiger partial charge in [-0.2, -0.15) is 5.10 Å². The number of nitrogens with zero attached hydrogens (tertiary/aromatic N) is 3. The summed E-state index contributed by atoms with van der Waals surface area (Å²) in [5.74, 6) is -0.524. The summed E-state index contributed by atoms with van der Waals surface area (Å²) in [6, 6.07) is 12.5. The summed E-state index contributed by atoms with van der Waals surface area (Å²) in [6.07, 6.45) is 8.03. The number of aromatic nitrogens is 2. The zero-order valence-electron chi connectivity index (χ0n) is 16.6. The van der Waals surface area contributed by atoms with Gasteiger partial charge in [-0.15, -0.1) is 0 Å². The van der Waals surface area contributed by atoms with Gasteiger partial charge in [0.25, 0.3) is 5.91 Å². The van der Waals surface area contributed by atoms with Gasteiger partial charge in [0.05, 0.1) is 11.2 Å². The average molecular weight is 390 g/mol. The molecule has 0 atom stereocenters. The van der Waals surface area contributed by atoms with Crippen molar-refractivity contribution in [3.63, 3.8) is 0 Å². The number of hydrogen-bond acceptors (Lipinski definition) is 4. The van der Waals surface area contributed by atoms with Crippen molar-refractivity contribution in [3.05, 3.63) is 76.6 Å². The molecule has 2 aromatic heterocycles. The van der Waals surface area contributed by atoms with Crippen molar-refractivity contribution in [1.82, 2.24) is 20.0 Å². The maximum Gasteiger partial charge on any atom is 0.267 e. The summed E-state index contributed by atoms with van der Waals surface area (Å²) < 4.78 is 1.99. The minimum absolute atomic E-state index is 0.524. The first kappa shape index (κ1) is 19.4. The molecule has 0 radical (unpaired) electrons. The lowest BCUT2D eigenvalue weighted by Gasteiger charge is -2.29. The van der Waals surface area contributed by atoms with Gasteiger partial charge >= 0.3 is 0 Å². The number of benzene rings is 1. The van der Waals surface area contributed by atoms with E-state index in [4.69, 9.17) is 10.3 Å². The summed E-state index contributed by atoms with van der Waals surface area (Å²) in [4.78, 5) is 13.7. The van der Waals surface area contributed by atoms with Gasteiger partial charge in [0, 0.05) is 37.5 Å². The molecule has 3 aromatic rings. The molecule has 0 saturated carbocycles. The lowest BCUT2D eigenvalue weighted by atomic mass is 9.96. The molecule has 29 heavy (non-hydrogen) atoms. The highest BCUT2D eigenvalue weighted by molar-refractivity contribution is 5.90. The van der Waals surface area contributed by atoms with Crippen LogP contribution in [-0.4, -0.2) is 38.7 Å². The van der Waals surface area contributed by atoms with E-state index >= 15 is 0 Å². The van der Waals surface area contributed by atoms with Crippen molar-refractivity contribution in [3.8, 4) is 0 Å². The second kappa shape index (κ2) is 8.59. The molecule has 3 heterocycles. The van der Waals surface area contributed by atoms with Gasteiger partial charge in [-0.25, -0.2) is 10.00 Å². The Morgan fingerprint density at radius 3 is 3.00 bits per heavy atom. The van der Waals surface area contributed by atoms with E-state index in [1.807, 2.05) is 22.8 Å². The second-order valence-corrected chi connectivity index (χ2v) is 7.42. The fourth-order valence-corrected chi connectivity index (χ4v) is 4.06. The first-order chi connectivity index (χ1) is 14.2. The third-order valence-corrected chi connectivity index (χ3v) is 5.60. The van der Waals surface area contributed by atoms with E-state index in [1.54, 1.807) is 11.6 Å². The quantitative estimate of drug-likeness (QED) is 0.386. The van der Waals surface area contributed by atoms with Crippen molar-refractivity contribution in [2.45, 2.75) is 32.7 Å². The number of pyridine rings is 1. The van der Waals surface area contributed by atoms with Gasteiger partial charge in [-0.1, -0.05) is 31.2 Å². The molecule has 0 bridgehead atoms. The largest absolute Gasteiger partial charge is 0.298 e. The second-order valence-electron chi connectivity index (χ2n) is 7.42. The average Bonchev–Trinajstić information content (AvgIpc) is 3.13. The van der Waals surface area contributed by atoms with Crippen LogP contribution in [0.2, 0.25) is 0 Å². The van der Waals surface area contributed by atoms with Gasteiger partial charge in [-0.3, -0.25) is 14.9 Å².